The smallest absolute Gasteiger partial charge is 0.338 e. The van der Waals surface area contributed by atoms with Gasteiger partial charge in [0.1, 0.15) is 18.3 Å². The van der Waals surface area contributed by atoms with Crippen molar-refractivity contribution in [1.82, 2.24) is 0 Å². The van der Waals surface area contributed by atoms with Gasteiger partial charge in [-0.05, 0) is 54.7 Å². The molecule has 2 aliphatic rings. The molecule has 4 aromatic carbocycles. The first-order valence-corrected chi connectivity index (χ1v) is 18.5. The SMILES string of the molecule is C=CCCCOC1OC(COC2OC(CC)C(OCc3ccccc3)C2OC(=O)c2ccccc2)C(OCc2ccccc2)C1OC(=O)c1ccccc1. The summed E-state index contributed by atoms with van der Waals surface area (Å²) in [6.45, 7) is 6.58. The van der Waals surface area contributed by atoms with Gasteiger partial charge >= 0.3 is 11.9 Å². The van der Waals surface area contributed by atoms with Gasteiger partial charge in [-0.15, -0.1) is 6.58 Å². The molecule has 10 nitrogen and oxygen atoms in total. The Morgan fingerprint density at radius 2 is 1.04 bits per heavy atom. The van der Waals surface area contributed by atoms with Crippen LogP contribution in [0.25, 0.3) is 0 Å². The van der Waals surface area contributed by atoms with Gasteiger partial charge in [0, 0.05) is 0 Å². The lowest BCUT2D eigenvalue weighted by molar-refractivity contribution is -0.205. The molecule has 0 aliphatic carbocycles. The van der Waals surface area contributed by atoms with Crippen LogP contribution in [0.15, 0.2) is 134 Å². The van der Waals surface area contributed by atoms with Crippen LogP contribution in [0.3, 0.4) is 0 Å². The van der Waals surface area contributed by atoms with Crippen LogP contribution >= 0.6 is 0 Å². The third kappa shape index (κ3) is 10.5. The fourth-order valence-electron chi connectivity index (χ4n) is 6.45. The molecule has 284 valence electrons. The van der Waals surface area contributed by atoms with E-state index in [9.17, 15) is 9.59 Å². The lowest BCUT2D eigenvalue weighted by Crippen LogP contribution is -2.43. The first-order valence-electron chi connectivity index (χ1n) is 18.5. The molecule has 0 N–H and O–H groups in total. The third-order valence-electron chi connectivity index (χ3n) is 9.27. The van der Waals surface area contributed by atoms with Crippen molar-refractivity contribution < 1.29 is 47.5 Å². The van der Waals surface area contributed by atoms with Crippen LogP contribution in [0, 0.1) is 0 Å². The van der Waals surface area contributed by atoms with Gasteiger partial charge in [0.05, 0.1) is 43.7 Å². The van der Waals surface area contributed by atoms with E-state index in [0.29, 0.717) is 30.6 Å². The minimum atomic E-state index is -1.00. The second-order valence-electron chi connectivity index (χ2n) is 13.1. The maximum absolute atomic E-state index is 13.4. The molecular weight excluding hydrogens is 688 g/mol. The van der Waals surface area contributed by atoms with Crippen LogP contribution in [0.5, 0.6) is 0 Å². The number of hydrogen-bond acceptors (Lipinski definition) is 10. The molecule has 8 atom stereocenters. The van der Waals surface area contributed by atoms with Gasteiger partial charge < -0.3 is 37.9 Å². The van der Waals surface area contributed by atoms with Crippen molar-refractivity contribution in [2.45, 2.75) is 88.6 Å². The lowest BCUT2D eigenvalue weighted by atomic mass is 10.1. The number of ether oxygens (including phenoxy) is 8. The number of carbonyl (C=O) groups is 2. The standard InChI is InChI=1S/C44H48O10/c1-3-5-18-27-47-43-40(54-42(46)34-25-16-9-17-26-34)38(49-29-32-21-12-7-13-22-32)36(52-43)30-50-44-39(53-41(45)33-23-14-8-15-24-33)37(35(4-2)51-44)48-28-31-19-10-6-11-20-31/h3,6-17,19-26,35-40,43-44H,1,4-5,18,27-30H2,2H3. The van der Waals surface area contributed by atoms with Crippen molar-refractivity contribution in [3.63, 3.8) is 0 Å². The summed E-state index contributed by atoms with van der Waals surface area (Å²) in [5.41, 5.74) is 2.68. The Hall–Kier alpha value is -4.68. The quantitative estimate of drug-likeness (QED) is 0.0547. The first kappa shape index (κ1) is 39.0. The maximum atomic E-state index is 13.4. The van der Waals surface area contributed by atoms with Crippen molar-refractivity contribution in [3.05, 3.63) is 156 Å². The predicted molar refractivity (Wildman–Crippen MR) is 200 cm³/mol. The number of esters is 2. The number of benzene rings is 4. The molecule has 4 aromatic rings. The normalized spacial score (nSPS) is 24.9. The van der Waals surface area contributed by atoms with E-state index in [-0.39, 0.29) is 19.8 Å². The van der Waals surface area contributed by atoms with E-state index in [0.717, 1.165) is 17.5 Å². The summed E-state index contributed by atoms with van der Waals surface area (Å²) in [4.78, 5) is 26.9. The van der Waals surface area contributed by atoms with E-state index in [1.807, 2.05) is 85.8 Å². The number of hydrogen-bond donors (Lipinski definition) is 0. The van der Waals surface area contributed by atoms with Gasteiger partial charge in [0.25, 0.3) is 0 Å². The summed E-state index contributed by atoms with van der Waals surface area (Å²) >= 11 is 0. The summed E-state index contributed by atoms with van der Waals surface area (Å²) in [7, 11) is 0. The Bertz CT molecular complexity index is 1720. The van der Waals surface area contributed by atoms with E-state index in [2.05, 4.69) is 6.58 Å². The Labute approximate surface area is 316 Å². The Morgan fingerprint density at radius 3 is 1.52 bits per heavy atom. The molecular formula is C44H48O10. The molecule has 8 unspecified atom stereocenters. The van der Waals surface area contributed by atoms with Crippen LogP contribution < -0.4 is 0 Å². The highest BCUT2D eigenvalue weighted by atomic mass is 16.8. The van der Waals surface area contributed by atoms with E-state index in [4.69, 9.17) is 37.9 Å². The minimum absolute atomic E-state index is 0.0583. The Morgan fingerprint density at radius 1 is 0.593 bits per heavy atom. The van der Waals surface area contributed by atoms with Gasteiger partial charge in [-0.3, -0.25) is 0 Å². The molecule has 0 spiro atoms. The van der Waals surface area contributed by atoms with Crippen molar-refractivity contribution in [2.75, 3.05) is 13.2 Å². The largest absolute Gasteiger partial charge is 0.450 e. The second-order valence-corrected chi connectivity index (χ2v) is 13.1. The average molecular weight is 737 g/mol. The molecule has 0 radical (unpaired) electrons. The molecule has 54 heavy (non-hydrogen) atoms. The number of allylic oxidation sites excluding steroid dienone is 1. The highest BCUT2D eigenvalue weighted by Gasteiger charge is 2.52. The summed E-state index contributed by atoms with van der Waals surface area (Å²) in [5.74, 6) is -1.06. The van der Waals surface area contributed by atoms with Gasteiger partial charge in [0.2, 0.25) is 0 Å². The van der Waals surface area contributed by atoms with E-state index >= 15 is 0 Å². The van der Waals surface area contributed by atoms with Gasteiger partial charge in [0.15, 0.2) is 24.8 Å². The maximum Gasteiger partial charge on any atom is 0.338 e. The zero-order valence-electron chi connectivity index (χ0n) is 30.5. The third-order valence-corrected chi connectivity index (χ3v) is 9.27. The van der Waals surface area contributed by atoms with E-state index in [1.165, 1.54) is 0 Å². The Kier molecular flexibility index (Phi) is 14.5. The molecule has 0 saturated carbocycles. The van der Waals surface area contributed by atoms with Crippen LogP contribution in [0.1, 0.15) is 58.0 Å². The van der Waals surface area contributed by atoms with Crippen LogP contribution in [-0.2, 0) is 51.1 Å². The monoisotopic (exact) mass is 736 g/mol. The zero-order chi connectivity index (χ0) is 37.5. The van der Waals surface area contributed by atoms with E-state index < -0.39 is 61.1 Å². The molecule has 10 heteroatoms. The minimum Gasteiger partial charge on any atom is -0.450 e. The molecule has 2 aliphatic heterocycles. The van der Waals surface area contributed by atoms with Crippen molar-refractivity contribution >= 4 is 11.9 Å². The fourth-order valence-corrected chi connectivity index (χ4v) is 6.45. The topological polar surface area (TPSA) is 108 Å². The Balaban J connectivity index is 1.23. The zero-order valence-corrected chi connectivity index (χ0v) is 30.5. The van der Waals surface area contributed by atoms with Crippen molar-refractivity contribution in [1.29, 1.82) is 0 Å². The summed E-state index contributed by atoms with van der Waals surface area (Å²) in [5, 5.41) is 0. The number of carbonyl (C=O) groups excluding carboxylic acids is 2. The van der Waals surface area contributed by atoms with E-state index in [1.54, 1.807) is 48.5 Å². The number of unbranched alkanes of at least 4 members (excludes halogenated alkanes) is 1. The predicted octanol–water partition coefficient (Wildman–Crippen LogP) is 7.47. The van der Waals surface area contributed by atoms with Gasteiger partial charge in [-0.1, -0.05) is 110 Å². The molecule has 2 saturated heterocycles. The highest BCUT2D eigenvalue weighted by Crippen LogP contribution is 2.34. The lowest BCUT2D eigenvalue weighted by Gasteiger charge is -2.26. The van der Waals surface area contributed by atoms with Crippen molar-refractivity contribution in [3.8, 4) is 0 Å². The molecule has 2 fully saturated rings. The van der Waals surface area contributed by atoms with Crippen molar-refractivity contribution in [2.24, 2.45) is 0 Å². The molecule has 6 rings (SSSR count). The highest BCUT2D eigenvalue weighted by molar-refractivity contribution is 5.90. The molecule has 2 heterocycles. The summed E-state index contributed by atoms with van der Waals surface area (Å²) in [6, 6.07) is 37.0. The van der Waals surface area contributed by atoms with Gasteiger partial charge in [-0.2, -0.15) is 0 Å². The first-order chi connectivity index (χ1) is 26.5. The fraction of sp³-hybridized carbons (Fsp3) is 0.364. The number of rotatable bonds is 19. The average Bonchev–Trinajstić information content (AvgIpc) is 3.73. The molecule has 0 aromatic heterocycles. The molecule has 0 bridgehead atoms. The van der Waals surface area contributed by atoms with Crippen LogP contribution in [0.4, 0.5) is 0 Å². The molecule has 0 amide bonds. The van der Waals surface area contributed by atoms with Crippen LogP contribution in [-0.4, -0.2) is 74.4 Å². The summed E-state index contributed by atoms with van der Waals surface area (Å²) < 4.78 is 50.7. The van der Waals surface area contributed by atoms with Gasteiger partial charge in [-0.25, -0.2) is 9.59 Å². The summed E-state index contributed by atoms with van der Waals surface area (Å²) in [6.07, 6.45) is -2.54. The second kappa shape index (κ2) is 20.1. The van der Waals surface area contributed by atoms with Crippen LogP contribution in [0.2, 0.25) is 0 Å².